The maximum Gasteiger partial charge on any atom is 0.410 e. The molecule has 4 amide bonds. The van der Waals surface area contributed by atoms with Crippen molar-refractivity contribution in [1.29, 1.82) is 0 Å². The average Bonchev–Trinajstić information content (AvgIpc) is 3.43. The molecule has 21 nitrogen and oxygen atoms in total. The molecular weight excluding hydrogens is 1150 g/mol. The van der Waals surface area contributed by atoms with Crippen LogP contribution in [0, 0.1) is 23.7 Å². The van der Waals surface area contributed by atoms with Crippen LogP contribution in [-0.2, 0) is 80.8 Å². The molecule has 0 fully saturated rings. The number of aryl methyl sites for hydroxylation is 1. The van der Waals surface area contributed by atoms with Crippen LogP contribution in [0.15, 0.2) is 114 Å². The molecule has 0 heterocycles. The molecule has 4 aromatic rings. The molecule has 0 saturated heterocycles. The van der Waals surface area contributed by atoms with E-state index < -0.39 is 135 Å². The van der Waals surface area contributed by atoms with Gasteiger partial charge in [0.05, 0.1) is 23.7 Å². The van der Waals surface area contributed by atoms with Gasteiger partial charge in [0.2, 0.25) is 39.1 Å². The second kappa shape index (κ2) is 31.5. The largest absolute Gasteiger partial charge is 0.425 e. The van der Waals surface area contributed by atoms with Crippen molar-refractivity contribution in [2.45, 2.75) is 124 Å². The number of ether oxygens (including phenoxy) is 5. The molecular formula is C57H73BrN4O17P2. The first-order valence-electron chi connectivity index (χ1n) is 26.3. The summed E-state index contributed by atoms with van der Waals surface area (Å²) in [5.74, 6) is -12.2. The van der Waals surface area contributed by atoms with E-state index in [0.717, 1.165) is 16.7 Å². The van der Waals surface area contributed by atoms with Gasteiger partial charge in [-0.2, -0.15) is 0 Å². The van der Waals surface area contributed by atoms with Crippen LogP contribution in [-0.4, -0.2) is 106 Å². The Morgan fingerprint density at radius 1 is 0.481 bits per heavy atom. The summed E-state index contributed by atoms with van der Waals surface area (Å²) in [5, 5.41) is 9.65. The first-order valence-corrected chi connectivity index (χ1v) is 30.9. The third-order valence-corrected chi connectivity index (χ3v) is 17.8. The van der Waals surface area contributed by atoms with Crippen LogP contribution in [0.2, 0.25) is 0 Å². The number of amides is 4. The number of esters is 4. The Morgan fingerprint density at radius 2 is 0.889 bits per heavy atom. The number of hydrogen-bond donors (Lipinski definition) is 6. The number of hydrogen-bond acceptors (Lipinski definition) is 15. The monoisotopic (exact) mass is 1230 g/mol. The first kappa shape index (κ1) is 66.8. The SMILES string of the molecule is CC(OC(=O)NC(C)P(=O)(O)CC(Cc1ccc(-c2ccccc2)cc1)C(=O)NC(C)C(=O)OC(=O)C(CCc1ccccc1)NC(=O)C(Cc1ccc(Br)cc1)CP(=O)(O)C(C)NC(=O)OC(C)OC(=O)C(C)C)OC(=O)C(C)C. The lowest BCUT2D eigenvalue weighted by Crippen LogP contribution is -2.49. The predicted molar refractivity (Wildman–Crippen MR) is 304 cm³/mol. The summed E-state index contributed by atoms with van der Waals surface area (Å²) < 4.78 is 54.3. The fourth-order valence-electron chi connectivity index (χ4n) is 7.78. The average molecular weight is 1230 g/mol. The molecule has 81 heavy (non-hydrogen) atoms. The maximum absolute atomic E-state index is 14.4. The van der Waals surface area contributed by atoms with Gasteiger partial charge < -0.3 is 54.7 Å². The summed E-state index contributed by atoms with van der Waals surface area (Å²) in [6, 6.07) is 29.0. The smallest absolute Gasteiger partial charge is 0.410 e. The molecule has 440 valence electrons. The van der Waals surface area contributed by atoms with E-state index in [-0.39, 0.29) is 25.7 Å². The highest BCUT2D eigenvalue weighted by atomic mass is 79.9. The first-order chi connectivity index (χ1) is 38.0. The van der Waals surface area contributed by atoms with E-state index in [1.807, 2.05) is 42.5 Å². The van der Waals surface area contributed by atoms with Crippen molar-refractivity contribution >= 4 is 78.5 Å². The molecule has 4 aromatic carbocycles. The van der Waals surface area contributed by atoms with Gasteiger partial charge >= 0.3 is 36.1 Å². The summed E-state index contributed by atoms with van der Waals surface area (Å²) >= 11 is 3.37. The van der Waals surface area contributed by atoms with Gasteiger partial charge in [0.25, 0.3) is 0 Å². The summed E-state index contributed by atoms with van der Waals surface area (Å²) in [5.41, 5.74) is 3.64. The van der Waals surface area contributed by atoms with Crippen molar-refractivity contribution in [3.05, 3.63) is 130 Å². The quantitative estimate of drug-likeness (QED) is 0.0102. The lowest BCUT2D eigenvalue weighted by molar-refractivity contribution is -0.169. The number of nitrogens with one attached hydrogen (secondary N) is 4. The standard InChI is InChI=1S/C57H73BrN4O17P2/c1-34(2)52(65)75-39(8)77-56(69)60-37(6)80(71,72)32-46(30-42-20-25-45(26-21-42)44-18-14-11-15-19-44)50(63)59-36(5)54(67)79-55(68)49(29-24-41-16-12-10-13-17-41)62-51(64)47(31-43-22-27-48(58)28-23-43)33-81(73,74)38(7)61-57(70)78-40(9)76-53(66)35(3)4/h10-23,25-28,34-40,46-47,49H,24,29-33H2,1-9H3,(H,59,63)(H,60,69)(H,61,70)(H,62,64)(H,71,72)(H,73,74). The second-order valence-electron chi connectivity index (χ2n) is 20.2. The Kier molecular flexibility index (Phi) is 26.0. The van der Waals surface area contributed by atoms with Crippen molar-refractivity contribution in [2.75, 3.05) is 12.3 Å². The number of rotatable bonds is 28. The Morgan fingerprint density at radius 3 is 1.33 bits per heavy atom. The van der Waals surface area contributed by atoms with Gasteiger partial charge in [-0.05, 0) is 86.4 Å². The van der Waals surface area contributed by atoms with Crippen LogP contribution >= 0.6 is 30.7 Å². The zero-order chi connectivity index (χ0) is 60.2. The Hall–Kier alpha value is -6.70. The molecule has 0 aromatic heterocycles. The van der Waals surface area contributed by atoms with E-state index in [0.29, 0.717) is 15.6 Å². The molecule has 0 aliphatic heterocycles. The molecule has 0 radical (unpaired) electrons. The van der Waals surface area contributed by atoms with Crippen molar-refractivity contribution in [1.82, 2.24) is 21.3 Å². The normalized spacial score (nSPS) is 15.7. The molecule has 0 bridgehead atoms. The van der Waals surface area contributed by atoms with E-state index in [1.165, 1.54) is 34.6 Å². The van der Waals surface area contributed by atoms with Gasteiger partial charge in [-0.25, -0.2) is 19.2 Å². The van der Waals surface area contributed by atoms with Crippen LogP contribution in [0.4, 0.5) is 9.59 Å². The highest BCUT2D eigenvalue weighted by Crippen LogP contribution is 2.48. The highest BCUT2D eigenvalue weighted by Gasteiger charge is 2.39. The minimum Gasteiger partial charge on any atom is -0.425 e. The van der Waals surface area contributed by atoms with Crippen LogP contribution in [0.1, 0.15) is 85.4 Å². The van der Waals surface area contributed by atoms with Crippen LogP contribution in [0.5, 0.6) is 0 Å². The number of carbonyl (C=O) groups excluding carboxylic acids is 8. The zero-order valence-corrected chi connectivity index (χ0v) is 50.1. The van der Waals surface area contributed by atoms with Crippen molar-refractivity contribution in [3.63, 3.8) is 0 Å². The predicted octanol–water partition coefficient (Wildman–Crippen LogP) is 8.60. The summed E-state index contributed by atoms with van der Waals surface area (Å²) in [6.45, 7) is 12.6. The van der Waals surface area contributed by atoms with E-state index in [9.17, 15) is 57.3 Å². The van der Waals surface area contributed by atoms with Crippen LogP contribution in [0.3, 0.4) is 0 Å². The molecule has 4 rings (SSSR count). The fraction of sp³-hybridized carbons (Fsp3) is 0.439. The van der Waals surface area contributed by atoms with Gasteiger partial charge in [0.1, 0.15) is 23.6 Å². The molecule has 0 aliphatic rings. The van der Waals surface area contributed by atoms with Crippen molar-refractivity contribution < 1.29 is 81.0 Å². The number of benzene rings is 4. The van der Waals surface area contributed by atoms with Crippen molar-refractivity contribution in [2.24, 2.45) is 23.7 Å². The van der Waals surface area contributed by atoms with E-state index in [2.05, 4.69) is 37.2 Å². The molecule has 10 unspecified atom stereocenters. The minimum absolute atomic E-state index is 0.127. The maximum atomic E-state index is 14.4. The third-order valence-electron chi connectivity index (χ3n) is 12.6. The Balaban J connectivity index is 1.56. The lowest BCUT2D eigenvalue weighted by Gasteiger charge is -2.27. The molecule has 0 spiro atoms. The number of alkyl carbamates (subject to hydrolysis) is 2. The minimum atomic E-state index is -4.52. The Bertz CT molecular complexity index is 2880. The van der Waals surface area contributed by atoms with Crippen LogP contribution in [0.25, 0.3) is 11.1 Å². The fourth-order valence-corrected chi connectivity index (χ4v) is 11.1. The van der Waals surface area contributed by atoms with E-state index in [4.69, 9.17) is 23.7 Å². The molecule has 0 saturated carbocycles. The van der Waals surface area contributed by atoms with Gasteiger partial charge in [-0.3, -0.25) is 28.3 Å². The summed E-state index contributed by atoms with van der Waals surface area (Å²) in [4.78, 5) is 129. The molecule has 24 heteroatoms. The highest BCUT2D eigenvalue weighted by molar-refractivity contribution is 9.10. The number of halogens is 1. The topological polar surface area (TPSA) is 305 Å². The van der Waals surface area contributed by atoms with E-state index >= 15 is 0 Å². The number of carbonyl (C=O) groups is 8. The molecule has 0 aliphatic carbocycles. The van der Waals surface area contributed by atoms with Crippen LogP contribution < -0.4 is 21.3 Å². The summed E-state index contributed by atoms with van der Waals surface area (Å²) in [7, 11) is -9.03. The van der Waals surface area contributed by atoms with Gasteiger partial charge in [-0.1, -0.05) is 141 Å². The van der Waals surface area contributed by atoms with Gasteiger partial charge in [-0.15, -0.1) is 0 Å². The van der Waals surface area contributed by atoms with Gasteiger partial charge in [0, 0.05) is 30.6 Å². The summed E-state index contributed by atoms with van der Waals surface area (Å²) in [6.07, 6.45) is -6.67. The van der Waals surface area contributed by atoms with E-state index in [1.54, 1.807) is 94.4 Å². The Labute approximate surface area is 480 Å². The molecule has 10 atom stereocenters. The zero-order valence-electron chi connectivity index (χ0n) is 46.7. The van der Waals surface area contributed by atoms with Gasteiger partial charge in [0.15, 0.2) is 0 Å². The molecule has 6 N–H and O–H groups in total. The lowest BCUT2D eigenvalue weighted by atomic mass is 9.97. The van der Waals surface area contributed by atoms with Crippen molar-refractivity contribution in [3.8, 4) is 11.1 Å². The second-order valence-corrected chi connectivity index (χ2v) is 26.4. The third kappa shape index (κ3) is 22.6.